The molecule has 0 aliphatic heterocycles. The Morgan fingerprint density at radius 3 is 2.73 bits per heavy atom. The Morgan fingerprint density at radius 2 is 1.96 bits per heavy atom. The molecular formula is C18H14F3N3OS. The molecule has 0 saturated carbocycles. The molecule has 1 aromatic heterocycles. The van der Waals surface area contributed by atoms with Crippen LogP contribution in [0.3, 0.4) is 0 Å². The Bertz CT molecular complexity index is 943. The summed E-state index contributed by atoms with van der Waals surface area (Å²) in [6, 6.07) is 9.05. The van der Waals surface area contributed by atoms with E-state index in [2.05, 4.69) is 15.5 Å². The monoisotopic (exact) mass is 377 g/mol. The molecule has 0 amide bonds. The van der Waals surface area contributed by atoms with Crippen molar-refractivity contribution in [3.05, 3.63) is 76.1 Å². The van der Waals surface area contributed by atoms with E-state index in [1.165, 1.54) is 11.3 Å². The fraction of sp³-hybridized carbons (Fsp3) is 0.111. The van der Waals surface area contributed by atoms with E-state index in [4.69, 9.17) is 4.74 Å². The zero-order valence-corrected chi connectivity index (χ0v) is 14.5. The molecule has 0 radical (unpaired) electrons. The molecule has 26 heavy (non-hydrogen) atoms. The highest BCUT2D eigenvalue weighted by Gasteiger charge is 2.14. The molecular weight excluding hydrogens is 363 g/mol. The van der Waals surface area contributed by atoms with Gasteiger partial charge in [0.15, 0.2) is 17.4 Å². The molecule has 0 aliphatic rings. The van der Waals surface area contributed by atoms with Gasteiger partial charge < -0.3 is 4.74 Å². The maximum atomic E-state index is 13.7. The number of aryl methyl sites for hydroxylation is 1. The number of aromatic nitrogens is 1. The predicted octanol–water partition coefficient (Wildman–Crippen LogP) is 4.89. The SMILES string of the molecule is Cc1csc(NN=Cc2ccccc2COc2ccc(F)c(F)c2F)n1. The standard InChI is InChI=1S/C18H14F3N3OS/c1-11-10-26-18(23-11)24-22-8-12-4-2-3-5-13(12)9-25-15-7-6-14(19)16(20)17(15)21/h2-8,10H,9H2,1H3,(H,23,24). The molecule has 4 nitrogen and oxygen atoms in total. The molecule has 0 saturated heterocycles. The molecule has 1 heterocycles. The number of nitrogens with one attached hydrogen (secondary N) is 1. The summed E-state index contributed by atoms with van der Waals surface area (Å²) in [5, 5.41) is 6.68. The third-order valence-electron chi connectivity index (χ3n) is 3.42. The molecule has 2 aromatic carbocycles. The van der Waals surface area contributed by atoms with E-state index in [1.807, 2.05) is 18.4 Å². The zero-order valence-electron chi connectivity index (χ0n) is 13.7. The number of hydrogen-bond acceptors (Lipinski definition) is 5. The van der Waals surface area contributed by atoms with Crippen molar-refractivity contribution >= 4 is 22.7 Å². The lowest BCUT2D eigenvalue weighted by atomic mass is 10.1. The molecule has 0 fully saturated rings. The molecule has 134 valence electrons. The molecule has 0 bridgehead atoms. The Morgan fingerprint density at radius 1 is 1.15 bits per heavy atom. The largest absolute Gasteiger partial charge is 0.486 e. The Labute approximate surface area is 152 Å². The van der Waals surface area contributed by atoms with Gasteiger partial charge in [-0.3, -0.25) is 5.43 Å². The molecule has 0 spiro atoms. The lowest BCUT2D eigenvalue weighted by molar-refractivity contribution is 0.281. The lowest BCUT2D eigenvalue weighted by Gasteiger charge is -2.10. The fourth-order valence-corrected chi connectivity index (χ4v) is 2.77. The van der Waals surface area contributed by atoms with Crippen LogP contribution in [0.1, 0.15) is 16.8 Å². The normalized spacial score (nSPS) is 11.1. The third kappa shape index (κ3) is 4.20. The molecule has 0 aliphatic carbocycles. The molecule has 1 N–H and O–H groups in total. The summed E-state index contributed by atoms with van der Waals surface area (Å²) >= 11 is 1.43. The number of ether oxygens (including phenoxy) is 1. The van der Waals surface area contributed by atoms with Crippen molar-refractivity contribution in [2.75, 3.05) is 5.43 Å². The smallest absolute Gasteiger partial charge is 0.203 e. The van der Waals surface area contributed by atoms with E-state index in [-0.39, 0.29) is 12.4 Å². The van der Waals surface area contributed by atoms with Gasteiger partial charge in [0.25, 0.3) is 0 Å². The summed E-state index contributed by atoms with van der Waals surface area (Å²) in [6.07, 6.45) is 1.58. The second-order valence-electron chi connectivity index (χ2n) is 5.33. The van der Waals surface area contributed by atoms with Crippen LogP contribution in [-0.2, 0) is 6.61 Å². The quantitative estimate of drug-likeness (QED) is 0.378. The maximum Gasteiger partial charge on any atom is 0.203 e. The Balaban J connectivity index is 1.70. The molecule has 3 rings (SSSR count). The van der Waals surface area contributed by atoms with Crippen molar-refractivity contribution in [3.63, 3.8) is 0 Å². The first-order chi connectivity index (χ1) is 12.5. The van der Waals surface area contributed by atoms with E-state index in [9.17, 15) is 13.2 Å². The van der Waals surface area contributed by atoms with Crippen LogP contribution >= 0.6 is 11.3 Å². The van der Waals surface area contributed by atoms with Crippen LogP contribution in [0.5, 0.6) is 5.75 Å². The number of benzene rings is 2. The van der Waals surface area contributed by atoms with Gasteiger partial charge in [0.1, 0.15) is 6.61 Å². The topological polar surface area (TPSA) is 46.5 Å². The second kappa shape index (κ2) is 8.01. The van der Waals surface area contributed by atoms with E-state index in [1.54, 1.807) is 24.4 Å². The first-order valence-corrected chi connectivity index (χ1v) is 8.48. The van der Waals surface area contributed by atoms with Crippen LogP contribution in [0.15, 0.2) is 46.9 Å². The molecule has 0 unspecified atom stereocenters. The van der Waals surface area contributed by atoms with Gasteiger partial charge in [-0.25, -0.2) is 13.8 Å². The van der Waals surface area contributed by atoms with E-state index in [0.717, 1.165) is 23.4 Å². The third-order valence-corrected chi connectivity index (χ3v) is 4.29. The highest BCUT2D eigenvalue weighted by Crippen LogP contribution is 2.23. The number of hydrogen-bond donors (Lipinski definition) is 1. The van der Waals surface area contributed by atoms with Gasteiger partial charge in [0.05, 0.1) is 11.9 Å². The van der Waals surface area contributed by atoms with Crippen molar-refractivity contribution < 1.29 is 17.9 Å². The van der Waals surface area contributed by atoms with Gasteiger partial charge >= 0.3 is 0 Å². The van der Waals surface area contributed by atoms with Crippen molar-refractivity contribution in [2.45, 2.75) is 13.5 Å². The summed E-state index contributed by atoms with van der Waals surface area (Å²) < 4.78 is 45.2. The summed E-state index contributed by atoms with van der Waals surface area (Å²) in [7, 11) is 0. The van der Waals surface area contributed by atoms with Crippen molar-refractivity contribution in [1.29, 1.82) is 0 Å². The highest BCUT2D eigenvalue weighted by molar-refractivity contribution is 7.13. The highest BCUT2D eigenvalue weighted by atomic mass is 32.1. The Kier molecular flexibility index (Phi) is 5.52. The summed E-state index contributed by atoms with van der Waals surface area (Å²) in [6.45, 7) is 1.86. The minimum absolute atomic E-state index is 0.0272. The van der Waals surface area contributed by atoms with Crippen LogP contribution in [0.4, 0.5) is 18.3 Å². The summed E-state index contributed by atoms with van der Waals surface area (Å²) in [5.74, 6) is -4.52. The second-order valence-corrected chi connectivity index (χ2v) is 6.18. The number of halogens is 3. The van der Waals surface area contributed by atoms with Gasteiger partial charge in [-0.15, -0.1) is 11.3 Å². The van der Waals surface area contributed by atoms with Crippen molar-refractivity contribution in [2.24, 2.45) is 5.10 Å². The first-order valence-electron chi connectivity index (χ1n) is 7.60. The number of hydrazone groups is 1. The van der Waals surface area contributed by atoms with Gasteiger partial charge in [-0.1, -0.05) is 24.3 Å². The maximum absolute atomic E-state index is 13.7. The zero-order chi connectivity index (χ0) is 18.5. The van der Waals surface area contributed by atoms with Crippen LogP contribution < -0.4 is 10.2 Å². The van der Waals surface area contributed by atoms with Crippen LogP contribution in [0, 0.1) is 24.4 Å². The van der Waals surface area contributed by atoms with Crippen molar-refractivity contribution in [3.8, 4) is 5.75 Å². The van der Waals surface area contributed by atoms with Crippen LogP contribution in [0.2, 0.25) is 0 Å². The average Bonchev–Trinajstić information content (AvgIpc) is 3.05. The van der Waals surface area contributed by atoms with E-state index < -0.39 is 17.5 Å². The summed E-state index contributed by atoms with van der Waals surface area (Å²) in [5.41, 5.74) is 5.16. The molecule has 8 heteroatoms. The molecule has 0 atom stereocenters. The number of nitrogens with zero attached hydrogens (tertiary/aromatic N) is 2. The van der Waals surface area contributed by atoms with Crippen LogP contribution in [-0.4, -0.2) is 11.2 Å². The van der Waals surface area contributed by atoms with Crippen molar-refractivity contribution in [1.82, 2.24) is 4.98 Å². The summed E-state index contributed by atoms with van der Waals surface area (Å²) in [4.78, 5) is 4.23. The number of thiazole rings is 1. The van der Waals surface area contributed by atoms with Gasteiger partial charge in [-0.2, -0.15) is 9.49 Å². The van der Waals surface area contributed by atoms with Gasteiger partial charge in [0, 0.05) is 10.9 Å². The first kappa shape index (κ1) is 17.9. The van der Waals surface area contributed by atoms with E-state index >= 15 is 0 Å². The minimum atomic E-state index is -1.56. The van der Waals surface area contributed by atoms with E-state index in [0.29, 0.717) is 10.7 Å². The minimum Gasteiger partial charge on any atom is -0.486 e. The molecule has 3 aromatic rings. The van der Waals surface area contributed by atoms with Crippen LogP contribution in [0.25, 0.3) is 0 Å². The number of anilines is 1. The number of rotatable bonds is 6. The Hall–Kier alpha value is -2.87. The fourth-order valence-electron chi connectivity index (χ4n) is 2.13. The van der Waals surface area contributed by atoms with Gasteiger partial charge in [0.2, 0.25) is 10.9 Å². The lowest BCUT2D eigenvalue weighted by Crippen LogP contribution is -2.03. The predicted molar refractivity (Wildman–Crippen MR) is 95.2 cm³/mol. The van der Waals surface area contributed by atoms with Gasteiger partial charge in [-0.05, 0) is 24.6 Å². The average molecular weight is 377 g/mol.